The monoisotopic (exact) mass is 402 g/mol. The molecule has 28 heavy (non-hydrogen) atoms. The third kappa shape index (κ3) is 4.28. The highest BCUT2D eigenvalue weighted by Crippen LogP contribution is 2.27. The molecule has 0 radical (unpaired) electrons. The van der Waals surface area contributed by atoms with Gasteiger partial charge >= 0.3 is 11.6 Å². The summed E-state index contributed by atoms with van der Waals surface area (Å²) in [5, 5.41) is 1.17. The van der Waals surface area contributed by atoms with Gasteiger partial charge in [0.05, 0.1) is 20.6 Å². The van der Waals surface area contributed by atoms with E-state index in [1.54, 1.807) is 37.4 Å². The smallest absolute Gasteiger partial charge is 0.336 e. The van der Waals surface area contributed by atoms with Crippen LogP contribution in [0.5, 0.6) is 11.5 Å². The van der Waals surface area contributed by atoms with Crippen molar-refractivity contribution in [3.05, 3.63) is 68.5 Å². The molecule has 3 aromatic rings. The molecular formula is C21H19ClO6. The van der Waals surface area contributed by atoms with Crippen LogP contribution < -0.4 is 15.1 Å². The van der Waals surface area contributed by atoms with Crippen LogP contribution in [0.25, 0.3) is 11.0 Å². The highest BCUT2D eigenvalue weighted by Gasteiger charge is 2.14. The summed E-state index contributed by atoms with van der Waals surface area (Å²) in [6.07, 6.45) is 0.0202. The summed E-state index contributed by atoms with van der Waals surface area (Å²) < 4.78 is 21.0. The van der Waals surface area contributed by atoms with Gasteiger partial charge in [0, 0.05) is 33.7 Å². The molecule has 0 aliphatic rings. The minimum absolute atomic E-state index is 0.0202. The highest BCUT2D eigenvalue weighted by atomic mass is 35.5. The first kappa shape index (κ1) is 19.8. The molecule has 0 fully saturated rings. The number of aryl methyl sites for hydroxylation is 1. The number of esters is 1. The van der Waals surface area contributed by atoms with Gasteiger partial charge in [-0.2, -0.15) is 0 Å². The van der Waals surface area contributed by atoms with Gasteiger partial charge in [0.15, 0.2) is 0 Å². The quantitative estimate of drug-likeness (QED) is 0.457. The summed E-state index contributed by atoms with van der Waals surface area (Å²) in [7, 11) is 3.07. The average molecular weight is 403 g/mol. The fraction of sp³-hybridized carbons (Fsp3) is 0.238. The maximum absolute atomic E-state index is 12.3. The first-order chi connectivity index (χ1) is 13.4. The Labute approximate surface area is 166 Å². The van der Waals surface area contributed by atoms with Crippen LogP contribution in [0.2, 0.25) is 5.02 Å². The van der Waals surface area contributed by atoms with Crippen LogP contribution >= 0.6 is 11.6 Å². The molecule has 3 rings (SSSR count). The van der Waals surface area contributed by atoms with Gasteiger partial charge in [-0.3, -0.25) is 4.79 Å². The number of benzene rings is 2. The van der Waals surface area contributed by atoms with Crippen molar-refractivity contribution in [1.82, 2.24) is 0 Å². The Kier molecular flexibility index (Phi) is 5.90. The number of fused-ring (bicyclic) bond motifs is 1. The maximum Gasteiger partial charge on any atom is 0.336 e. The van der Waals surface area contributed by atoms with Crippen molar-refractivity contribution in [1.29, 1.82) is 0 Å². The summed E-state index contributed by atoms with van der Waals surface area (Å²) in [5.74, 6) is 0.705. The minimum atomic E-state index is -0.517. The fourth-order valence-corrected chi connectivity index (χ4v) is 2.99. The van der Waals surface area contributed by atoms with Gasteiger partial charge in [-0.15, -0.1) is 0 Å². The molecule has 7 heteroatoms. The average Bonchev–Trinajstić information content (AvgIpc) is 2.67. The normalized spacial score (nSPS) is 10.7. The Bertz CT molecular complexity index is 1090. The number of hydrogen-bond donors (Lipinski definition) is 0. The predicted octanol–water partition coefficient (Wildman–Crippen LogP) is 4.06. The van der Waals surface area contributed by atoms with Gasteiger partial charge in [-0.25, -0.2) is 4.79 Å². The van der Waals surface area contributed by atoms with E-state index in [0.717, 1.165) is 5.56 Å². The lowest BCUT2D eigenvalue weighted by molar-refractivity contribution is -0.144. The molecule has 0 bridgehead atoms. The first-order valence-corrected chi connectivity index (χ1v) is 8.88. The lowest BCUT2D eigenvalue weighted by atomic mass is 10.1. The van der Waals surface area contributed by atoms with E-state index in [0.29, 0.717) is 38.6 Å². The Hall–Kier alpha value is -2.99. The molecule has 146 valence electrons. The van der Waals surface area contributed by atoms with Crippen LogP contribution in [0.1, 0.15) is 16.7 Å². The molecule has 0 aliphatic carbocycles. The molecule has 0 unspecified atom stereocenters. The Balaban J connectivity index is 1.78. The van der Waals surface area contributed by atoms with Gasteiger partial charge in [0.25, 0.3) is 0 Å². The number of methoxy groups -OCH3 is 2. The summed E-state index contributed by atoms with van der Waals surface area (Å²) in [6.45, 7) is 1.75. The number of ether oxygens (including phenoxy) is 3. The standard InChI is InChI=1S/C21H19ClO6/c1-12-6-19-16(10-17(12)22)14(8-21(24)28-19)11-27-20(23)7-13-4-5-15(25-2)9-18(13)26-3/h4-6,8-10H,7,11H2,1-3H3. The predicted molar refractivity (Wildman–Crippen MR) is 105 cm³/mol. The SMILES string of the molecule is COc1ccc(CC(=O)OCc2cc(=O)oc3cc(C)c(Cl)cc23)c(OC)c1. The van der Waals surface area contributed by atoms with Crippen LogP contribution in [-0.2, 0) is 22.6 Å². The van der Waals surface area contributed by atoms with Crippen molar-refractivity contribution in [3.8, 4) is 11.5 Å². The molecule has 0 atom stereocenters. The zero-order chi connectivity index (χ0) is 20.3. The van der Waals surface area contributed by atoms with E-state index in [1.165, 1.54) is 13.2 Å². The van der Waals surface area contributed by atoms with Gasteiger partial charge < -0.3 is 18.6 Å². The van der Waals surface area contributed by atoms with E-state index in [9.17, 15) is 9.59 Å². The molecule has 0 spiro atoms. The molecular weight excluding hydrogens is 384 g/mol. The summed E-state index contributed by atoms with van der Waals surface area (Å²) in [6, 6.07) is 9.87. The second kappa shape index (κ2) is 8.35. The molecule has 2 aromatic carbocycles. The van der Waals surface area contributed by atoms with Gasteiger partial charge in [0.2, 0.25) is 0 Å². The van der Waals surface area contributed by atoms with Crippen molar-refractivity contribution >= 4 is 28.5 Å². The Morgan fingerprint density at radius 3 is 2.57 bits per heavy atom. The topological polar surface area (TPSA) is 75.0 Å². The maximum atomic E-state index is 12.3. The van der Waals surface area contributed by atoms with Crippen LogP contribution in [0.15, 0.2) is 45.6 Å². The van der Waals surface area contributed by atoms with E-state index in [2.05, 4.69) is 0 Å². The van der Waals surface area contributed by atoms with Crippen LogP contribution in [0.4, 0.5) is 0 Å². The summed E-state index contributed by atoms with van der Waals surface area (Å²) in [5.41, 5.74) is 1.88. The largest absolute Gasteiger partial charge is 0.497 e. The minimum Gasteiger partial charge on any atom is -0.497 e. The summed E-state index contributed by atoms with van der Waals surface area (Å²) >= 11 is 6.18. The number of carbonyl (C=O) groups is 1. The number of hydrogen-bond acceptors (Lipinski definition) is 6. The van der Waals surface area contributed by atoms with E-state index in [1.807, 2.05) is 6.92 Å². The van der Waals surface area contributed by atoms with Gasteiger partial charge in [-0.05, 0) is 30.7 Å². The van der Waals surface area contributed by atoms with Gasteiger partial charge in [-0.1, -0.05) is 17.7 Å². The van der Waals surface area contributed by atoms with Crippen molar-refractivity contribution in [3.63, 3.8) is 0 Å². The second-order valence-electron chi connectivity index (χ2n) is 6.20. The molecule has 1 aromatic heterocycles. The zero-order valence-electron chi connectivity index (χ0n) is 15.7. The second-order valence-corrected chi connectivity index (χ2v) is 6.61. The Morgan fingerprint density at radius 1 is 1.07 bits per heavy atom. The van der Waals surface area contributed by atoms with Gasteiger partial charge in [0.1, 0.15) is 23.7 Å². The van der Waals surface area contributed by atoms with Crippen molar-refractivity contribution in [2.45, 2.75) is 20.0 Å². The number of rotatable bonds is 6. The molecule has 0 saturated heterocycles. The lowest BCUT2D eigenvalue weighted by Gasteiger charge is -2.11. The molecule has 0 amide bonds. The van der Waals surface area contributed by atoms with Crippen molar-refractivity contribution < 1.29 is 23.4 Å². The van der Waals surface area contributed by atoms with E-state index < -0.39 is 11.6 Å². The molecule has 0 aliphatic heterocycles. The highest BCUT2D eigenvalue weighted by molar-refractivity contribution is 6.32. The van der Waals surface area contributed by atoms with Crippen LogP contribution in [0.3, 0.4) is 0 Å². The fourth-order valence-electron chi connectivity index (χ4n) is 2.83. The molecule has 6 nitrogen and oxygen atoms in total. The van der Waals surface area contributed by atoms with Crippen LogP contribution in [0, 0.1) is 6.92 Å². The first-order valence-electron chi connectivity index (χ1n) is 8.50. The van der Waals surface area contributed by atoms with Crippen molar-refractivity contribution in [2.24, 2.45) is 0 Å². The van der Waals surface area contributed by atoms with E-state index in [4.69, 9.17) is 30.2 Å². The number of halogens is 1. The Morgan fingerprint density at radius 2 is 1.86 bits per heavy atom. The lowest BCUT2D eigenvalue weighted by Crippen LogP contribution is -2.10. The van der Waals surface area contributed by atoms with Crippen LogP contribution in [-0.4, -0.2) is 20.2 Å². The molecule has 0 saturated carbocycles. The third-order valence-electron chi connectivity index (χ3n) is 4.33. The third-order valence-corrected chi connectivity index (χ3v) is 4.73. The van der Waals surface area contributed by atoms with E-state index >= 15 is 0 Å². The summed E-state index contributed by atoms with van der Waals surface area (Å²) in [4.78, 5) is 24.1. The zero-order valence-corrected chi connectivity index (χ0v) is 16.5. The number of carbonyl (C=O) groups excluding carboxylic acids is 1. The van der Waals surface area contributed by atoms with Crippen molar-refractivity contribution in [2.75, 3.05) is 14.2 Å². The molecule has 0 N–H and O–H groups in total. The van der Waals surface area contributed by atoms with E-state index in [-0.39, 0.29) is 13.0 Å². The molecule has 1 heterocycles.